The van der Waals surface area contributed by atoms with Gasteiger partial charge in [-0.1, -0.05) is 35.9 Å². The molecule has 0 bridgehead atoms. The summed E-state index contributed by atoms with van der Waals surface area (Å²) < 4.78 is 84.5. The number of hydrogen-bond acceptors (Lipinski definition) is 3. The zero-order valence-corrected chi connectivity index (χ0v) is 19.6. The third kappa shape index (κ3) is 5.64. The van der Waals surface area contributed by atoms with Crippen LogP contribution in [-0.2, 0) is 23.6 Å². The van der Waals surface area contributed by atoms with Gasteiger partial charge in [0.1, 0.15) is 5.58 Å². The molecule has 0 radical (unpaired) electrons. The molecule has 192 valence electrons. The Hall–Kier alpha value is -3.79. The van der Waals surface area contributed by atoms with E-state index in [1.54, 1.807) is 31.2 Å². The lowest BCUT2D eigenvalue weighted by Gasteiger charge is -2.16. The van der Waals surface area contributed by atoms with Crippen molar-refractivity contribution in [2.45, 2.75) is 25.7 Å². The van der Waals surface area contributed by atoms with Gasteiger partial charge in [0.05, 0.1) is 23.1 Å². The molecule has 3 aromatic carbocycles. The lowest BCUT2D eigenvalue weighted by molar-refractivity contribution is -0.143. The summed E-state index contributed by atoms with van der Waals surface area (Å²) in [5.74, 6) is -1.02. The summed E-state index contributed by atoms with van der Waals surface area (Å²) in [6.45, 7) is 1.77. The number of benzene rings is 3. The van der Waals surface area contributed by atoms with Crippen molar-refractivity contribution in [3.05, 3.63) is 98.4 Å². The van der Waals surface area contributed by atoms with E-state index < -0.39 is 47.1 Å². The molecule has 37 heavy (non-hydrogen) atoms. The molecule has 11 heteroatoms. The molecule has 0 aliphatic rings. The van der Waals surface area contributed by atoms with Crippen molar-refractivity contribution < 1.29 is 35.6 Å². The van der Waals surface area contributed by atoms with Crippen LogP contribution in [0, 0.1) is 6.92 Å². The van der Waals surface area contributed by atoms with Crippen LogP contribution in [0.15, 0.2) is 69.9 Å². The van der Waals surface area contributed by atoms with Gasteiger partial charge in [-0.3, -0.25) is 4.79 Å². The van der Waals surface area contributed by atoms with Gasteiger partial charge in [0.25, 0.3) is 0 Å². The molecule has 1 heterocycles. The molecule has 0 fully saturated rings. The van der Waals surface area contributed by atoms with Crippen molar-refractivity contribution in [3.63, 3.8) is 0 Å². The highest BCUT2D eigenvalue weighted by atomic mass is 35.5. The van der Waals surface area contributed by atoms with Gasteiger partial charge >= 0.3 is 18.0 Å². The Morgan fingerprint density at radius 1 is 0.919 bits per heavy atom. The monoisotopic (exact) mass is 539 g/mol. The summed E-state index contributed by atoms with van der Waals surface area (Å²) in [6, 6.07) is 12.2. The summed E-state index contributed by atoms with van der Waals surface area (Å²) in [5.41, 5.74) is -3.10. The molecule has 4 rings (SSSR count). The molecule has 0 aliphatic carbocycles. The SMILES string of the molecule is Cc1ccccc1-c1c(CC(=O)Nc2cc(C(F)(F)F)cc(C(F)(F)F)c2)c(=O)oc2ccc(Cl)cc12. The van der Waals surface area contributed by atoms with Crippen molar-refractivity contribution >= 4 is 34.2 Å². The summed E-state index contributed by atoms with van der Waals surface area (Å²) in [4.78, 5) is 25.8. The average Bonchev–Trinajstić information content (AvgIpc) is 2.79. The van der Waals surface area contributed by atoms with Crippen LogP contribution in [0.3, 0.4) is 0 Å². The first-order chi connectivity index (χ1) is 17.2. The minimum Gasteiger partial charge on any atom is -0.422 e. The quantitative estimate of drug-likeness (QED) is 0.214. The van der Waals surface area contributed by atoms with E-state index in [4.69, 9.17) is 16.0 Å². The summed E-state index contributed by atoms with van der Waals surface area (Å²) in [7, 11) is 0. The number of amides is 1. The highest BCUT2D eigenvalue weighted by molar-refractivity contribution is 6.31. The Morgan fingerprint density at radius 2 is 1.54 bits per heavy atom. The molecule has 0 atom stereocenters. The minimum atomic E-state index is -5.09. The zero-order valence-electron chi connectivity index (χ0n) is 18.9. The Balaban J connectivity index is 1.81. The van der Waals surface area contributed by atoms with Gasteiger partial charge in [0.15, 0.2) is 0 Å². The first-order valence-electron chi connectivity index (χ1n) is 10.6. The van der Waals surface area contributed by atoms with Crippen LogP contribution in [-0.4, -0.2) is 5.91 Å². The van der Waals surface area contributed by atoms with Gasteiger partial charge in [0, 0.05) is 21.7 Å². The van der Waals surface area contributed by atoms with Gasteiger partial charge in [-0.15, -0.1) is 0 Å². The molecule has 0 spiro atoms. The first-order valence-corrected chi connectivity index (χ1v) is 11.0. The van der Waals surface area contributed by atoms with E-state index >= 15 is 0 Å². The largest absolute Gasteiger partial charge is 0.422 e. The second-order valence-electron chi connectivity index (χ2n) is 8.22. The highest BCUT2D eigenvalue weighted by Gasteiger charge is 2.37. The van der Waals surface area contributed by atoms with Crippen LogP contribution in [0.4, 0.5) is 32.0 Å². The van der Waals surface area contributed by atoms with Crippen LogP contribution in [0.5, 0.6) is 0 Å². The number of fused-ring (bicyclic) bond motifs is 1. The smallest absolute Gasteiger partial charge is 0.416 e. The lowest BCUT2D eigenvalue weighted by Crippen LogP contribution is -2.21. The Bertz CT molecular complexity index is 1540. The number of alkyl halides is 6. The number of carbonyl (C=O) groups excluding carboxylic acids is 1. The fourth-order valence-electron chi connectivity index (χ4n) is 3.93. The van der Waals surface area contributed by atoms with Crippen molar-refractivity contribution in [1.82, 2.24) is 0 Å². The number of anilines is 1. The maximum absolute atomic E-state index is 13.2. The molecule has 0 saturated carbocycles. The van der Waals surface area contributed by atoms with Gasteiger partial charge in [-0.2, -0.15) is 26.3 Å². The molecule has 1 N–H and O–H groups in total. The van der Waals surface area contributed by atoms with E-state index in [0.717, 1.165) is 5.56 Å². The predicted octanol–water partition coefficient (Wildman–Crippen LogP) is 7.64. The van der Waals surface area contributed by atoms with Crippen molar-refractivity contribution in [2.24, 2.45) is 0 Å². The number of aryl methyl sites for hydroxylation is 1. The lowest BCUT2D eigenvalue weighted by atomic mass is 9.92. The van der Waals surface area contributed by atoms with E-state index in [-0.39, 0.29) is 17.2 Å². The number of nitrogens with one attached hydrogen (secondary N) is 1. The van der Waals surface area contributed by atoms with E-state index in [9.17, 15) is 35.9 Å². The normalized spacial score (nSPS) is 12.1. The second kappa shape index (κ2) is 9.59. The molecule has 0 saturated heterocycles. The number of rotatable bonds is 4. The Morgan fingerprint density at radius 3 is 2.14 bits per heavy atom. The number of halogens is 7. The van der Waals surface area contributed by atoms with Crippen molar-refractivity contribution in [1.29, 1.82) is 0 Å². The maximum Gasteiger partial charge on any atom is 0.416 e. The zero-order chi connectivity index (χ0) is 27.1. The van der Waals surface area contributed by atoms with Crippen molar-refractivity contribution in [2.75, 3.05) is 5.32 Å². The molecular weight excluding hydrogens is 524 g/mol. The van der Waals surface area contributed by atoms with Crippen LogP contribution in [0.1, 0.15) is 22.3 Å². The standard InChI is InChI=1S/C26H16ClF6NO3/c1-13-4-2-3-5-18(13)23-19-11-16(27)6-7-21(19)37-24(36)20(23)12-22(35)34-17-9-14(25(28,29)30)8-15(10-17)26(31,32)33/h2-11H,12H2,1H3,(H,34,35). The summed E-state index contributed by atoms with van der Waals surface area (Å²) in [5, 5.41) is 2.77. The predicted molar refractivity (Wildman–Crippen MR) is 126 cm³/mol. The minimum absolute atomic E-state index is 0.0480. The maximum atomic E-state index is 13.2. The van der Waals surface area contributed by atoms with Gasteiger partial charge in [0.2, 0.25) is 5.91 Å². The average molecular weight is 540 g/mol. The Labute approximate surface area is 210 Å². The molecule has 0 aliphatic heterocycles. The van der Waals surface area contributed by atoms with E-state index in [1.165, 1.54) is 18.2 Å². The van der Waals surface area contributed by atoms with Crippen LogP contribution in [0.2, 0.25) is 5.02 Å². The highest BCUT2D eigenvalue weighted by Crippen LogP contribution is 2.38. The Kier molecular flexibility index (Phi) is 6.81. The molecule has 0 unspecified atom stereocenters. The van der Waals surface area contributed by atoms with E-state index in [0.29, 0.717) is 33.7 Å². The molecule has 4 aromatic rings. The molecule has 1 aromatic heterocycles. The topological polar surface area (TPSA) is 59.3 Å². The third-order valence-corrected chi connectivity index (χ3v) is 5.82. The molecule has 4 nitrogen and oxygen atoms in total. The molecular formula is C26H16ClF6NO3. The van der Waals surface area contributed by atoms with E-state index in [1.807, 2.05) is 5.32 Å². The van der Waals surface area contributed by atoms with Crippen LogP contribution < -0.4 is 10.9 Å². The van der Waals surface area contributed by atoms with Gasteiger partial charge in [-0.05, 0) is 54.4 Å². The van der Waals surface area contributed by atoms with Gasteiger partial charge < -0.3 is 9.73 Å². The number of hydrogen-bond donors (Lipinski definition) is 1. The van der Waals surface area contributed by atoms with Crippen LogP contribution in [0.25, 0.3) is 22.1 Å². The van der Waals surface area contributed by atoms with Crippen molar-refractivity contribution in [3.8, 4) is 11.1 Å². The third-order valence-electron chi connectivity index (χ3n) is 5.58. The summed E-state index contributed by atoms with van der Waals surface area (Å²) in [6.07, 6.45) is -10.9. The second-order valence-corrected chi connectivity index (χ2v) is 8.65. The number of carbonyl (C=O) groups is 1. The van der Waals surface area contributed by atoms with Gasteiger partial charge in [-0.25, -0.2) is 4.79 Å². The van der Waals surface area contributed by atoms with Crippen LogP contribution >= 0.6 is 11.6 Å². The molecule has 1 amide bonds. The fourth-order valence-corrected chi connectivity index (χ4v) is 4.10. The van der Waals surface area contributed by atoms with E-state index in [2.05, 4.69) is 0 Å². The first kappa shape index (κ1) is 26.3. The fraction of sp³-hybridized carbons (Fsp3) is 0.154. The summed E-state index contributed by atoms with van der Waals surface area (Å²) >= 11 is 6.14.